The Labute approximate surface area is 169 Å². The molecule has 4 rings (SSSR count). The first kappa shape index (κ1) is 19.3. The van der Waals surface area contributed by atoms with Crippen molar-refractivity contribution in [2.24, 2.45) is 7.05 Å². The lowest BCUT2D eigenvalue weighted by molar-refractivity contribution is 0.0700. The van der Waals surface area contributed by atoms with E-state index in [0.717, 1.165) is 41.9 Å². The zero-order valence-electron chi connectivity index (χ0n) is 16.9. The second-order valence-corrected chi connectivity index (χ2v) is 7.62. The second kappa shape index (κ2) is 7.79. The zero-order chi connectivity index (χ0) is 20.5. The molecule has 3 aromatic rings. The van der Waals surface area contributed by atoms with Gasteiger partial charge in [-0.3, -0.25) is 9.78 Å². The van der Waals surface area contributed by atoms with Gasteiger partial charge in [0.15, 0.2) is 0 Å². The van der Waals surface area contributed by atoms with Crippen LogP contribution < -0.4 is 0 Å². The largest absolute Gasteiger partial charge is 0.392 e. The van der Waals surface area contributed by atoms with Gasteiger partial charge in [-0.15, -0.1) is 0 Å². The van der Waals surface area contributed by atoms with Gasteiger partial charge in [-0.1, -0.05) is 11.2 Å². The number of carbonyl (C=O) groups excluding carboxylic acids is 1. The second-order valence-electron chi connectivity index (χ2n) is 7.62. The van der Waals surface area contributed by atoms with Crippen molar-refractivity contribution in [1.29, 1.82) is 0 Å². The Morgan fingerprint density at radius 3 is 2.83 bits per heavy atom. The molecule has 152 valence electrons. The number of aliphatic hydroxyl groups excluding tert-OH is 1. The van der Waals surface area contributed by atoms with Gasteiger partial charge >= 0.3 is 0 Å². The van der Waals surface area contributed by atoms with Crippen molar-refractivity contribution < 1.29 is 14.4 Å². The number of piperidine rings is 1. The molecule has 4 heterocycles. The third-order valence-electron chi connectivity index (χ3n) is 5.49. The zero-order valence-corrected chi connectivity index (χ0v) is 16.9. The summed E-state index contributed by atoms with van der Waals surface area (Å²) in [5.41, 5.74) is 4.39. The summed E-state index contributed by atoms with van der Waals surface area (Å²) >= 11 is 0. The minimum absolute atomic E-state index is 0.0479. The highest BCUT2D eigenvalue weighted by atomic mass is 16.5. The molecule has 3 aromatic heterocycles. The molecule has 1 amide bonds. The number of likely N-dealkylation sites (tertiary alicyclic amines) is 1. The molecule has 1 fully saturated rings. The van der Waals surface area contributed by atoms with E-state index in [2.05, 4.69) is 10.1 Å². The fraction of sp³-hybridized carbons (Fsp3) is 0.429. The monoisotopic (exact) mass is 395 g/mol. The Balaban J connectivity index is 1.63. The number of carbonyl (C=O) groups is 1. The molecule has 0 saturated carbocycles. The van der Waals surface area contributed by atoms with Gasteiger partial charge in [0.05, 0.1) is 29.9 Å². The molecule has 0 unspecified atom stereocenters. The first-order valence-electron chi connectivity index (χ1n) is 9.79. The van der Waals surface area contributed by atoms with E-state index in [9.17, 15) is 9.90 Å². The van der Waals surface area contributed by atoms with Gasteiger partial charge in [0.1, 0.15) is 11.5 Å². The van der Waals surface area contributed by atoms with Crippen LogP contribution >= 0.6 is 0 Å². The summed E-state index contributed by atoms with van der Waals surface area (Å²) in [5.74, 6) is 0.758. The van der Waals surface area contributed by atoms with Crippen LogP contribution in [0.3, 0.4) is 0 Å². The van der Waals surface area contributed by atoms with E-state index in [0.29, 0.717) is 23.7 Å². The summed E-state index contributed by atoms with van der Waals surface area (Å²) in [4.78, 5) is 23.7. The minimum Gasteiger partial charge on any atom is -0.392 e. The van der Waals surface area contributed by atoms with E-state index in [4.69, 9.17) is 9.51 Å². The van der Waals surface area contributed by atoms with Gasteiger partial charge in [0.25, 0.3) is 5.91 Å². The molecule has 1 saturated heterocycles. The van der Waals surface area contributed by atoms with Gasteiger partial charge in [0.2, 0.25) is 0 Å². The van der Waals surface area contributed by atoms with Gasteiger partial charge in [-0.2, -0.15) is 0 Å². The minimum atomic E-state index is -0.109. The van der Waals surface area contributed by atoms with Crippen molar-refractivity contribution in [3.63, 3.8) is 0 Å². The fourth-order valence-corrected chi connectivity index (χ4v) is 3.98. The van der Waals surface area contributed by atoms with E-state index < -0.39 is 0 Å². The first-order valence-corrected chi connectivity index (χ1v) is 9.79. The normalized spacial score (nSPS) is 17.0. The number of nitrogens with zero attached hydrogens (tertiary/aromatic N) is 5. The van der Waals surface area contributed by atoms with Crippen LogP contribution in [0.4, 0.5) is 0 Å². The van der Waals surface area contributed by atoms with E-state index in [-0.39, 0.29) is 18.4 Å². The summed E-state index contributed by atoms with van der Waals surface area (Å²) in [6.07, 6.45) is 5.25. The lowest BCUT2D eigenvalue weighted by atomic mass is 9.92. The maximum absolute atomic E-state index is 12.8. The predicted molar refractivity (Wildman–Crippen MR) is 106 cm³/mol. The highest BCUT2D eigenvalue weighted by molar-refractivity contribution is 5.92. The highest BCUT2D eigenvalue weighted by Gasteiger charge is 2.28. The van der Waals surface area contributed by atoms with Crippen molar-refractivity contribution in [3.8, 4) is 11.3 Å². The van der Waals surface area contributed by atoms with Gasteiger partial charge in [0, 0.05) is 43.5 Å². The average molecular weight is 395 g/mol. The number of aliphatic hydroxyl groups is 1. The molecular formula is C21H25N5O3. The third kappa shape index (κ3) is 3.67. The van der Waals surface area contributed by atoms with Crippen LogP contribution in [0, 0.1) is 13.8 Å². The number of aromatic nitrogens is 4. The van der Waals surface area contributed by atoms with E-state index in [1.165, 1.54) is 0 Å². The number of pyridine rings is 1. The van der Waals surface area contributed by atoms with Gasteiger partial charge < -0.3 is 19.1 Å². The van der Waals surface area contributed by atoms with Crippen LogP contribution in [0.5, 0.6) is 0 Å². The Bertz CT molecular complexity index is 1020. The highest BCUT2D eigenvalue weighted by Crippen LogP contribution is 2.32. The molecule has 8 nitrogen and oxygen atoms in total. The number of rotatable bonds is 4. The fourth-order valence-electron chi connectivity index (χ4n) is 3.98. The molecule has 1 aliphatic heterocycles. The molecule has 0 aromatic carbocycles. The van der Waals surface area contributed by atoms with E-state index in [1.54, 1.807) is 17.1 Å². The van der Waals surface area contributed by atoms with Crippen molar-refractivity contribution in [3.05, 3.63) is 53.1 Å². The Morgan fingerprint density at radius 2 is 2.17 bits per heavy atom. The van der Waals surface area contributed by atoms with Gasteiger partial charge in [-0.05, 0) is 32.8 Å². The molecule has 1 aliphatic rings. The number of hydrogen-bond acceptors (Lipinski definition) is 6. The molecule has 0 aliphatic carbocycles. The molecule has 1 atom stereocenters. The summed E-state index contributed by atoms with van der Waals surface area (Å²) in [6.45, 7) is 4.93. The quantitative estimate of drug-likeness (QED) is 0.729. The van der Waals surface area contributed by atoms with Crippen LogP contribution in [0.1, 0.15) is 52.0 Å². The van der Waals surface area contributed by atoms with Crippen molar-refractivity contribution in [1.82, 2.24) is 24.6 Å². The number of hydrogen-bond donors (Lipinski definition) is 1. The Morgan fingerprint density at radius 1 is 1.34 bits per heavy atom. The van der Waals surface area contributed by atoms with Gasteiger partial charge in [-0.25, -0.2) is 4.98 Å². The SMILES string of the molecule is Cc1noc(C)c1-c1nc([C@@H]2CCCN(C(=O)c3cn(C)cn3)C2)ccc1CO. The maximum atomic E-state index is 12.8. The van der Waals surface area contributed by atoms with Crippen molar-refractivity contribution in [2.75, 3.05) is 13.1 Å². The average Bonchev–Trinajstić information content (AvgIpc) is 3.32. The van der Waals surface area contributed by atoms with Crippen molar-refractivity contribution in [2.45, 2.75) is 39.2 Å². The van der Waals surface area contributed by atoms with Crippen LogP contribution in [0.25, 0.3) is 11.3 Å². The smallest absolute Gasteiger partial charge is 0.274 e. The standard InChI is InChI=1S/C21H25N5O3/c1-13-19(14(2)29-24-13)20-16(11-27)6-7-17(23-20)15-5-4-8-26(9-15)21(28)18-10-25(3)12-22-18/h6-7,10,12,15,27H,4-5,8-9,11H2,1-3H3/t15-/m1/s1. The van der Waals surface area contributed by atoms with Crippen molar-refractivity contribution >= 4 is 5.91 Å². The molecule has 0 bridgehead atoms. The number of imidazole rings is 1. The topological polar surface area (TPSA) is 97.3 Å². The molecule has 0 spiro atoms. The van der Waals surface area contributed by atoms with Crippen LogP contribution in [-0.2, 0) is 13.7 Å². The molecule has 0 radical (unpaired) electrons. The summed E-state index contributed by atoms with van der Waals surface area (Å²) < 4.78 is 7.08. The third-order valence-corrected chi connectivity index (χ3v) is 5.49. The molecule has 1 N–H and O–H groups in total. The predicted octanol–water partition coefficient (Wildman–Crippen LogP) is 2.60. The molecular weight excluding hydrogens is 370 g/mol. The molecule has 29 heavy (non-hydrogen) atoms. The van der Waals surface area contributed by atoms with Crippen LogP contribution in [0.15, 0.2) is 29.2 Å². The number of amides is 1. The Hall–Kier alpha value is -3.00. The van der Waals surface area contributed by atoms with E-state index >= 15 is 0 Å². The first-order chi connectivity index (χ1) is 14.0. The summed E-state index contributed by atoms with van der Waals surface area (Å²) in [6, 6.07) is 3.86. The lowest BCUT2D eigenvalue weighted by Gasteiger charge is -2.32. The molecule has 8 heteroatoms. The Kier molecular flexibility index (Phi) is 5.19. The lowest BCUT2D eigenvalue weighted by Crippen LogP contribution is -2.39. The maximum Gasteiger partial charge on any atom is 0.274 e. The van der Waals surface area contributed by atoms with E-state index in [1.807, 2.05) is 37.9 Å². The summed E-state index contributed by atoms with van der Waals surface area (Å²) in [7, 11) is 1.85. The summed E-state index contributed by atoms with van der Waals surface area (Å²) in [5, 5.41) is 13.8. The van der Waals surface area contributed by atoms with Crippen LogP contribution in [-0.4, -0.2) is 48.7 Å². The number of aryl methyl sites for hydroxylation is 3. The van der Waals surface area contributed by atoms with Crippen LogP contribution in [0.2, 0.25) is 0 Å².